The topological polar surface area (TPSA) is 9.23 Å². The van der Waals surface area contributed by atoms with E-state index in [1.165, 1.54) is 51.4 Å². The van der Waals surface area contributed by atoms with Crippen molar-refractivity contribution in [1.29, 1.82) is 0 Å². The molecule has 3 aliphatic rings. The van der Waals surface area contributed by atoms with Crippen LogP contribution in [-0.2, 0) is 0 Å². The molecule has 3 fully saturated rings. The molecule has 0 spiro atoms. The second-order valence-corrected chi connectivity index (χ2v) is 12.6. The number of aryl methyl sites for hydroxylation is 1. The smallest absolute Gasteiger partial charge is 0.400 e. The molecule has 0 N–H and O–H groups in total. The molecule has 2 aromatic rings. The largest absolute Gasteiger partial charge is 0.432 e. The van der Waals surface area contributed by atoms with Gasteiger partial charge in [0.2, 0.25) is 0 Å². The van der Waals surface area contributed by atoms with Gasteiger partial charge in [0, 0.05) is 12.1 Å². The maximum atomic E-state index is 15.1. The Labute approximate surface area is 239 Å². The van der Waals surface area contributed by atoms with Crippen molar-refractivity contribution >= 4 is 0 Å². The number of hydrogen-bond acceptors (Lipinski definition) is 1. The lowest BCUT2D eigenvalue weighted by Gasteiger charge is -2.41. The van der Waals surface area contributed by atoms with Crippen molar-refractivity contribution in [2.45, 2.75) is 111 Å². The second kappa shape index (κ2) is 13.7. The lowest BCUT2D eigenvalue weighted by molar-refractivity contribution is -0.224. The number of ether oxygens (including phenoxy) is 1. The summed E-state index contributed by atoms with van der Waals surface area (Å²) in [7, 11) is 0. The minimum absolute atomic E-state index is 0.228. The van der Waals surface area contributed by atoms with Crippen LogP contribution in [0.15, 0.2) is 36.4 Å². The first kappa shape index (κ1) is 30.9. The highest BCUT2D eigenvalue weighted by molar-refractivity contribution is 5.66. The van der Waals surface area contributed by atoms with Crippen molar-refractivity contribution in [3.05, 3.63) is 53.6 Å². The van der Waals surface area contributed by atoms with Crippen LogP contribution in [0.25, 0.3) is 11.1 Å². The summed E-state index contributed by atoms with van der Waals surface area (Å²) in [5.74, 6) is 0.630. The second-order valence-electron chi connectivity index (χ2n) is 12.6. The zero-order chi connectivity index (χ0) is 28.9. The van der Waals surface area contributed by atoms with Crippen LogP contribution >= 0.6 is 0 Å². The molecule has 0 unspecified atom stereocenters. The van der Waals surface area contributed by atoms with Gasteiger partial charge in [0.25, 0.3) is 0 Å². The molecule has 3 saturated carbocycles. The van der Waals surface area contributed by atoms with E-state index in [1.807, 2.05) is 20.8 Å². The van der Waals surface area contributed by atoms with Gasteiger partial charge in [-0.25, -0.2) is 8.78 Å². The van der Waals surface area contributed by atoms with Crippen LogP contribution in [0.4, 0.5) is 17.6 Å². The fourth-order valence-corrected chi connectivity index (χ4v) is 7.62. The standard InChI is InChI=1S/C33H42F4O.C2H6/c1-21-3-7-23(8-4-21)24-11-13-25(14-12-24)26-15-17-28(18-16-26)33(36,37)38-29-19-30(34)32(31(35)20-29)27-9-5-22(2)6-10-27;1-2/h5-6,9-10,19-21,23-26,28H,3-4,7-8,11-18H2,1-2H3;1-2H3. The van der Waals surface area contributed by atoms with E-state index in [0.717, 1.165) is 48.3 Å². The van der Waals surface area contributed by atoms with E-state index in [9.17, 15) is 8.78 Å². The SMILES string of the molecule is CC.Cc1ccc(-c2c(F)cc(OC(F)(F)C3CCC(C4CCC(C5CCC(C)CC5)CC4)CC3)cc2F)cc1. The fourth-order valence-electron chi connectivity index (χ4n) is 7.62. The van der Waals surface area contributed by atoms with Crippen LogP contribution in [0.1, 0.15) is 103 Å². The molecule has 0 atom stereocenters. The van der Waals surface area contributed by atoms with Crippen molar-refractivity contribution in [2.75, 3.05) is 0 Å². The van der Waals surface area contributed by atoms with Crippen LogP contribution in [0.3, 0.4) is 0 Å². The summed E-state index contributed by atoms with van der Waals surface area (Å²) >= 11 is 0. The highest BCUT2D eigenvalue weighted by atomic mass is 19.3. The molecule has 3 aliphatic carbocycles. The zero-order valence-electron chi connectivity index (χ0n) is 24.8. The van der Waals surface area contributed by atoms with Crippen LogP contribution < -0.4 is 4.74 Å². The third-order valence-corrected chi connectivity index (χ3v) is 10.1. The minimum atomic E-state index is -3.45. The van der Waals surface area contributed by atoms with Crippen LogP contribution in [-0.4, -0.2) is 6.11 Å². The molecule has 0 heterocycles. The van der Waals surface area contributed by atoms with E-state index in [2.05, 4.69) is 6.92 Å². The molecule has 0 saturated heterocycles. The summed E-state index contributed by atoms with van der Waals surface area (Å²) in [6.45, 7) is 8.25. The van der Waals surface area contributed by atoms with Crippen molar-refractivity contribution in [3.63, 3.8) is 0 Å². The van der Waals surface area contributed by atoms with E-state index in [4.69, 9.17) is 4.74 Å². The first-order chi connectivity index (χ1) is 19.2. The molecule has 0 amide bonds. The molecule has 0 aromatic heterocycles. The Hall–Kier alpha value is -2.04. The number of benzene rings is 2. The zero-order valence-corrected chi connectivity index (χ0v) is 24.8. The Morgan fingerprint density at radius 1 is 0.650 bits per heavy atom. The molecule has 2 aromatic carbocycles. The average molecular weight is 561 g/mol. The van der Waals surface area contributed by atoms with Crippen molar-refractivity contribution < 1.29 is 22.3 Å². The van der Waals surface area contributed by atoms with E-state index in [1.54, 1.807) is 24.3 Å². The molecule has 0 aliphatic heterocycles. The Morgan fingerprint density at radius 3 is 1.50 bits per heavy atom. The summed E-state index contributed by atoms with van der Waals surface area (Å²) in [5.41, 5.74) is 1.10. The first-order valence-corrected chi connectivity index (χ1v) is 15.8. The van der Waals surface area contributed by atoms with Gasteiger partial charge in [-0.15, -0.1) is 0 Å². The predicted octanol–water partition coefficient (Wildman–Crippen LogP) is 11.4. The number of alkyl halides is 2. The normalized spacial score (nSPS) is 29.3. The van der Waals surface area contributed by atoms with Crippen molar-refractivity contribution in [2.24, 2.45) is 35.5 Å². The summed E-state index contributed by atoms with van der Waals surface area (Å²) in [4.78, 5) is 0. The first-order valence-electron chi connectivity index (χ1n) is 15.8. The Balaban J connectivity index is 0.00000181. The van der Waals surface area contributed by atoms with Gasteiger partial charge < -0.3 is 4.74 Å². The van der Waals surface area contributed by atoms with E-state index in [0.29, 0.717) is 30.2 Å². The predicted molar refractivity (Wildman–Crippen MR) is 155 cm³/mol. The quantitative estimate of drug-likeness (QED) is 0.319. The monoisotopic (exact) mass is 560 g/mol. The number of rotatable bonds is 6. The Morgan fingerprint density at radius 2 is 1.05 bits per heavy atom. The third-order valence-electron chi connectivity index (χ3n) is 10.1. The Kier molecular flexibility index (Phi) is 10.6. The third kappa shape index (κ3) is 7.42. The molecule has 0 radical (unpaired) electrons. The summed E-state index contributed by atoms with van der Waals surface area (Å²) < 4.78 is 64.7. The molecule has 1 nitrogen and oxygen atoms in total. The van der Waals surface area contributed by atoms with Crippen LogP contribution in [0, 0.1) is 54.1 Å². The maximum absolute atomic E-state index is 15.1. The molecule has 0 bridgehead atoms. The van der Waals surface area contributed by atoms with E-state index in [-0.39, 0.29) is 5.56 Å². The average Bonchev–Trinajstić information content (AvgIpc) is 2.95. The van der Waals surface area contributed by atoms with Gasteiger partial charge in [0.15, 0.2) is 0 Å². The Bertz CT molecular complexity index is 1030. The van der Waals surface area contributed by atoms with Gasteiger partial charge in [0.05, 0.1) is 11.5 Å². The maximum Gasteiger partial charge on any atom is 0.400 e. The van der Waals surface area contributed by atoms with Gasteiger partial charge >= 0.3 is 6.11 Å². The van der Waals surface area contributed by atoms with Crippen molar-refractivity contribution in [1.82, 2.24) is 0 Å². The van der Waals surface area contributed by atoms with Gasteiger partial charge in [-0.3, -0.25) is 0 Å². The summed E-state index contributed by atoms with van der Waals surface area (Å²) in [6, 6.07) is 8.50. The lowest BCUT2D eigenvalue weighted by atomic mass is 9.65. The highest BCUT2D eigenvalue weighted by Gasteiger charge is 2.45. The molecule has 40 heavy (non-hydrogen) atoms. The molecule has 5 heteroatoms. The lowest BCUT2D eigenvalue weighted by Crippen LogP contribution is -2.38. The fraction of sp³-hybridized carbons (Fsp3) is 0.657. The minimum Gasteiger partial charge on any atom is -0.432 e. The summed E-state index contributed by atoms with van der Waals surface area (Å²) in [5, 5.41) is 0. The van der Waals surface area contributed by atoms with Gasteiger partial charge in [-0.05, 0) is 106 Å². The number of halogens is 4. The van der Waals surface area contributed by atoms with Gasteiger partial charge in [-0.2, -0.15) is 8.78 Å². The van der Waals surface area contributed by atoms with E-state index < -0.39 is 29.4 Å². The molecular weight excluding hydrogens is 512 g/mol. The molecular formula is C35H48F4O. The van der Waals surface area contributed by atoms with Gasteiger partial charge in [-0.1, -0.05) is 63.4 Å². The van der Waals surface area contributed by atoms with E-state index >= 15 is 8.78 Å². The highest BCUT2D eigenvalue weighted by Crippen LogP contribution is 2.48. The van der Waals surface area contributed by atoms with Crippen molar-refractivity contribution in [3.8, 4) is 16.9 Å². The molecule has 222 valence electrons. The van der Waals surface area contributed by atoms with Crippen LogP contribution in [0.5, 0.6) is 5.75 Å². The number of hydrogen-bond donors (Lipinski definition) is 0. The van der Waals surface area contributed by atoms with Gasteiger partial charge in [0.1, 0.15) is 17.4 Å². The summed E-state index contributed by atoms with van der Waals surface area (Å²) in [6.07, 6.45) is 9.53. The van der Waals surface area contributed by atoms with Crippen LogP contribution in [0.2, 0.25) is 0 Å². The molecule has 5 rings (SSSR count).